The summed E-state index contributed by atoms with van der Waals surface area (Å²) in [6.45, 7) is 11.1. The highest BCUT2D eigenvalue weighted by molar-refractivity contribution is 5.84. The highest BCUT2D eigenvalue weighted by Gasteiger charge is 2.45. The molecule has 6 heteroatoms. The maximum absolute atomic E-state index is 12.9. The van der Waals surface area contributed by atoms with E-state index < -0.39 is 5.79 Å². The van der Waals surface area contributed by atoms with Crippen molar-refractivity contribution in [1.29, 1.82) is 0 Å². The van der Waals surface area contributed by atoms with E-state index in [1.165, 1.54) is 0 Å². The predicted molar refractivity (Wildman–Crippen MR) is 94.6 cm³/mol. The summed E-state index contributed by atoms with van der Waals surface area (Å²) in [5.41, 5.74) is 5.40. The number of carbonyl (C=O) groups excluding carboxylic acids is 3. The average Bonchev–Trinajstić information content (AvgIpc) is 2.53. The van der Waals surface area contributed by atoms with Crippen molar-refractivity contribution in [2.45, 2.75) is 78.8 Å². The molecule has 1 rings (SSSR count). The van der Waals surface area contributed by atoms with E-state index in [0.717, 1.165) is 6.29 Å². The third-order valence-corrected chi connectivity index (χ3v) is 5.25. The number of hydrogen-bond acceptors (Lipinski definition) is 5. The fourth-order valence-corrected chi connectivity index (χ4v) is 3.70. The zero-order valence-corrected chi connectivity index (χ0v) is 16.3. The predicted octanol–water partition coefficient (Wildman–Crippen LogP) is 2.47. The molecule has 0 aromatic carbocycles. The number of Topliss-reactive ketones (excluding diaryl/α,β-unsaturated/α-hetero) is 1. The van der Waals surface area contributed by atoms with Gasteiger partial charge in [-0.1, -0.05) is 27.7 Å². The molecule has 1 amide bonds. The molecule has 0 aromatic heterocycles. The molecule has 1 heterocycles. The number of ether oxygens (including phenoxy) is 2. The second-order valence-corrected chi connectivity index (χ2v) is 7.74. The van der Waals surface area contributed by atoms with Gasteiger partial charge in [0.05, 0.1) is 12.2 Å². The number of carbonyl (C=O) groups is 3. The molecule has 1 aliphatic heterocycles. The molecule has 0 saturated carbocycles. The monoisotopic (exact) mass is 355 g/mol. The SMILES string of the molecule is CC[C@@H](C[C@H](C)C(=O)[C@H](C)[C@H]1OC(C)(C)O[C@@H](CC=O)[C@@H]1C)C(N)=O. The second kappa shape index (κ2) is 8.90. The summed E-state index contributed by atoms with van der Waals surface area (Å²) in [5.74, 6) is -2.16. The molecular weight excluding hydrogens is 322 g/mol. The Hall–Kier alpha value is -1.27. The summed E-state index contributed by atoms with van der Waals surface area (Å²) in [6.07, 6.45) is 1.59. The van der Waals surface area contributed by atoms with Crippen molar-refractivity contribution < 1.29 is 23.9 Å². The zero-order chi connectivity index (χ0) is 19.4. The number of rotatable bonds is 9. The number of nitrogens with two attached hydrogens (primary N) is 1. The lowest BCUT2D eigenvalue weighted by Crippen LogP contribution is -2.53. The molecule has 2 N–H and O–H groups in total. The third-order valence-electron chi connectivity index (χ3n) is 5.25. The number of primary amides is 1. The van der Waals surface area contributed by atoms with Gasteiger partial charge in [0.2, 0.25) is 5.91 Å². The molecule has 0 aromatic rings. The first-order chi connectivity index (χ1) is 11.5. The normalized spacial score (nSPS) is 29.4. The van der Waals surface area contributed by atoms with Gasteiger partial charge in [0, 0.05) is 30.1 Å². The van der Waals surface area contributed by atoms with Gasteiger partial charge in [0.1, 0.15) is 12.1 Å². The Bertz CT molecular complexity index is 490. The summed E-state index contributed by atoms with van der Waals surface area (Å²) < 4.78 is 11.9. The second-order valence-electron chi connectivity index (χ2n) is 7.74. The van der Waals surface area contributed by atoms with Crippen LogP contribution in [0.25, 0.3) is 0 Å². The Morgan fingerprint density at radius 3 is 2.32 bits per heavy atom. The quantitative estimate of drug-likeness (QED) is 0.641. The van der Waals surface area contributed by atoms with E-state index >= 15 is 0 Å². The van der Waals surface area contributed by atoms with E-state index in [1.54, 1.807) is 13.8 Å². The molecule has 1 fully saturated rings. The van der Waals surface area contributed by atoms with E-state index in [-0.39, 0.29) is 54.0 Å². The Morgan fingerprint density at radius 2 is 1.84 bits per heavy atom. The Morgan fingerprint density at radius 1 is 1.24 bits per heavy atom. The van der Waals surface area contributed by atoms with Gasteiger partial charge < -0.3 is 20.0 Å². The standard InChI is InChI=1S/C19H33NO5/c1-7-14(18(20)23)10-11(2)16(22)13(4)17-12(3)15(8-9-21)24-19(5,6)25-17/h9,11-15,17H,7-8,10H2,1-6H3,(H2,20,23)/t11-,12-,13-,14-,15-,17-/m0/s1. The number of aldehydes is 1. The van der Waals surface area contributed by atoms with Crippen LogP contribution in [0.2, 0.25) is 0 Å². The van der Waals surface area contributed by atoms with Crippen LogP contribution < -0.4 is 5.73 Å². The molecule has 0 aliphatic carbocycles. The summed E-state index contributed by atoms with van der Waals surface area (Å²) in [5, 5.41) is 0. The molecule has 25 heavy (non-hydrogen) atoms. The van der Waals surface area contributed by atoms with Crippen LogP contribution in [0, 0.1) is 23.7 Å². The van der Waals surface area contributed by atoms with E-state index in [2.05, 4.69) is 0 Å². The molecule has 0 spiro atoms. The van der Waals surface area contributed by atoms with Gasteiger partial charge in [-0.25, -0.2) is 0 Å². The Labute approximate surface area is 150 Å². The van der Waals surface area contributed by atoms with Gasteiger partial charge in [-0.2, -0.15) is 0 Å². The topological polar surface area (TPSA) is 95.7 Å². The first-order valence-corrected chi connectivity index (χ1v) is 9.16. The molecule has 1 saturated heterocycles. The maximum Gasteiger partial charge on any atom is 0.220 e. The third kappa shape index (κ3) is 5.61. The minimum atomic E-state index is -0.845. The van der Waals surface area contributed by atoms with Crippen LogP contribution in [-0.4, -0.2) is 36.0 Å². The number of ketones is 1. The van der Waals surface area contributed by atoms with E-state index in [0.29, 0.717) is 12.8 Å². The van der Waals surface area contributed by atoms with Crippen LogP contribution in [0.5, 0.6) is 0 Å². The van der Waals surface area contributed by atoms with Gasteiger partial charge in [-0.15, -0.1) is 0 Å². The molecule has 144 valence electrons. The van der Waals surface area contributed by atoms with Gasteiger partial charge in [-0.05, 0) is 26.7 Å². The molecule has 0 radical (unpaired) electrons. The minimum absolute atomic E-state index is 0.0547. The molecule has 6 atom stereocenters. The van der Waals surface area contributed by atoms with Crippen LogP contribution in [0.15, 0.2) is 0 Å². The molecule has 0 unspecified atom stereocenters. The average molecular weight is 355 g/mol. The Kier molecular flexibility index (Phi) is 7.75. The van der Waals surface area contributed by atoms with Crippen molar-refractivity contribution in [3.63, 3.8) is 0 Å². The van der Waals surface area contributed by atoms with Gasteiger partial charge in [0.25, 0.3) is 0 Å². The van der Waals surface area contributed by atoms with Crippen molar-refractivity contribution in [3.8, 4) is 0 Å². The van der Waals surface area contributed by atoms with Crippen LogP contribution in [-0.2, 0) is 23.9 Å². The highest BCUT2D eigenvalue weighted by Crippen LogP contribution is 2.37. The first-order valence-electron chi connectivity index (χ1n) is 9.16. The molecular formula is C19H33NO5. The lowest BCUT2D eigenvalue weighted by molar-refractivity contribution is -0.323. The maximum atomic E-state index is 12.9. The largest absolute Gasteiger partial charge is 0.369 e. The smallest absolute Gasteiger partial charge is 0.220 e. The van der Waals surface area contributed by atoms with E-state index in [9.17, 15) is 14.4 Å². The fourth-order valence-electron chi connectivity index (χ4n) is 3.70. The number of hydrogen-bond donors (Lipinski definition) is 1. The van der Waals surface area contributed by atoms with Crippen LogP contribution in [0.4, 0.5) is 0 Å². The van der Waals surface area contributed by atoms with Crippen molar-refractivity contribution in [3.05, 3.63) is 0 Å². The van der Waals surface area contributed by atoms with E-state index in [4.69, 9.17) is 15.2 Å². The Balaban J connectivity index is 2.87. The fraction of sp³-hybridized carbons (Fsp3) is 0.842. The van der Waals surface area contributed by atoms with Crippen LogP contribution in [0.1, 0.15) is 60.8 Å². The highest BCUT2D eigenvalue weighted by atomic mass is 16.7. The summed E-state index contributed by atoms with van der Waals surface area (Å²) >= 11 is 0. The van der Waals surface area contributed by atoms with E-state index in [1.807, 2.05) is 27.7 Å². The van der Waals surface area contributed by atoms with Crippen molar-refractivity contribution in [1.82, 2.24) is 0 Å². The lowest BCUT2D eigenvalue weighted by atomic mass is 9.79. The lowest BCUT2D eigenvalue weighted by Gasteiger charge is -2.46. The van der Waals surface area contributed by atoms with Gasteiger partial charge in [0.15, 0.2) is 5.79 Å². The summed E-state index contributed by atoms with van der Waals surface area (Å²) in [4.78, 5) is 35.3. The number of amides is 1. The summed E-state index contributed by atoms with van der Waals surface area (Å²) in [6, 6.07) is 0. The van der Waals surface area contributed by atoms with Crippen molar-refractivity contribution in [2.24, 2.45) is 29.4 Å². The molecule has 0 bridgehead atoms. The first kappa shape index (κ1) is 21.8. The zero-order valence-electron chi connectivity index (χ0n) is 16.3. The van der Waals surface area contributed by atoms with Gasteiger partial charge >= 0.3 is 0 Å². The molecule has 1 aliphatic rings. The minimum Gasteiger partial charge on any atom is -0.369 e. The van der Waals surface area contributed by atoms with Gasteiger partial charge in [-0.3, -0.25) is 9.59 Å². The summed E-state index contributed by atoms with van der Waals surface area (Å²) in [7, 11) is 0. The van der Waals surface area contributed by atoms with Crippen LogP contribution >= 0.6 is 0 Å². The van der Waals surface area contributed by atoms with Crippen molar-refractivity contribution >= 4 is 18.0 Å². The van der Waals surface area contributed by atoms with Crippen LogP contribution in [0.3, 0.4) is 0 Å². The molecule has 6 nitrogen and oxygen atoms in total. The van der Waals surface area contributed by atoms with Crippen molar-refractivity contribution in [2.75, 3.05) is 0 Å².